The fourth-order valence-corrected chi connectivity index (χ4v) is 1.10. The van der Waals surface area contributed by atoms with E-state index in [1.807, 2.05) is 5.38 Å². The van der Waals surface area contributed by atoms with E-state index in [0.29, 0.717) is 10.8 Å². The summed E-state index contributed by atoms with van der Waals surface area (Å²) in [5.74, 6) is 0. The molecule has 1 rings (SSSR count). The van der Waals surface area contributed by atoms with Crippen molar-refractivity contribution in [1.29, 1.82) is 0 Å². The molecule has 2 N–H and O–H groups in total. The summed E-state index contributed by atoms with van der Waals surface area (Å²) in [4.78, 5) is 9.07. The van der Waals surface area contributed by atoms with Crippen molar-refractivity contribution in [3.8, 4) is 5.06 Å². The molecule has 0 radical (unpaired) electrons. The van der Waals surface area contributed by atoms with Gasteiger partial charge in [-0.2, -0.15) is 4.89 Å². The van der Waals surface area contributed by atoms with Crippen LogP contribution in [-0.4, -0.2) is 7.11 Å². The summed E-state index contributed by atoms with van der Waals surface area (Å²) in [6, 6.07) is 1.76. The predicted octanol–water partition coefficient (Wildman–Crippen LogP) is 1.27. The Morgan fingerprint density at radius 3 is 2.89 bits per heavy atom. The van der Waals surface area contributed by atoms with Crippen LogP contribution in [0.3, 0.4) is 0 Å². The van der Waals surface area contributed by atoms with E-state index in [0.717, 1.165) is 0 Å². The summed E-state index contributed by atoms with van der Waals surface area (Å²) >= 11 is 1.40. The van der Waals surface area contributed by atoms with Crippen LogP contribution in [0.15, 0.2) is 11.4 Å². The average molecular weight is 145 g/mol. The zero-order valence-electron chi connectivity index (χ0n) is 4.96. The molecule has 0 bridgehead atoms. The van der Waals surface area contributed by atoms with E-state index in [-0.39, 0.29) is 0 Å². The van der Waals surface area contributed by atoms with Crippen molar-refractivity contribution < 1.29 is 9.78 Å². The number of hydrogen-bond acceptors (Lipinski definition) is 4. The second kappa shape index (κ2) is 2.70. The van der Waals surface area contributed by atoms with Gasteiger partial charge in [-0.3, -0.25) is 0 Å². The van der Waals surface area contributed by atoms with Crippen molar-refractivity contribution in [2.45, 2.75) is 0 Å². The lowest BCUT2D eigenvalue weighted by atomic mass is 10.5. The predicted molar refractivity (Wildman–Crippen MR) is 36.4 cm³/mol. The molecule has 50 valence electrons. The van der Waals surface area contributed by atoms with E-state index in [4.69, 9.17) is 5.73 Å². The van der Waals surface area contributed by atoms with Crippen molar-refractivity contribution in [3.63, 3.8) is 0 Å². The number of rotatable bonds is 2. The van der Waals surface area contributed by atoms with Gasteiger partial charge in [0.15, 0.2) is 0 Å². The molecule has 0 aliphatic carbocycles. The molecule has 3 nitrogen and oxygen atoms in total. The van der Waals surface area contributed by atoms with Gasteiger partial charge in [0, 0.05) is 0 Å². The first kappa shape index (κ1) is 6.38. The van der Waals surface area contributed by atoms with Crippen LogP contribution in [0.25, 0.3) is 0 Å². The lowest BCUT2D eigenvalue weighted by molar-refractivity contribution is -0.174. The highest BCUT2D eigenvalue weighted by Crippen LogP contribution is 2.27. The molecule has 0 aromatic carbocycles. The molecule has 0 spiro atoms. The maximum atomic E-state index is 5.43. The lowest BCUT2D eigenvalue weighted by Gasteiger charge is -1.95. The molecule has 0 fully saturated rings. The highest BCUT2D eigenvalue weighted by Gasteiger charge is 1.99. The Bertz CT molecular complexity index is 187. The fourth-order valence-electron chi connectivity index (χ4n) is 0.449. The number of anilines is 1. The second-order valence-electron chi connectivity index (χ2n) is 1.41. The Morgan fingerprint density at radius 2 is 2.44 bits per heavy atom. The molecule has 0 aliphatic heterocycles. The molecule has 0 saturated carbocycles. The zero-order chi connectivity index (χ0) is 6.69. The SMILES string of the molecule is COOc1sccc1N. The zero-order valence-corrected chi connectivity index (χ0v) is 5.77. The summed E-state index contributed by atoms with van der Waals surface area (Å²) in [6.07, 6.45) is 0. The first-order valence-corrected chi connectivity index (χ1v) is 3.26. The van der Waals surface area contributed by atoms with Crippen LogP contribution in [-0.2, 0) is 4.89 Å². The van der Waals surface area contributed by atoms with Crippen molar-refractivity contribution in [1.82, 2.24) is 0 Å². The van der Waals surface area contributed by atoms with Gasteiger partial charge in [0.25, 0.3) is 0 Å². The van der Waals surface area contributed by atoms with Gasteiger partial charge in [-0.25, -0.2) is 0 Å². The van der Waals surface area contributed by atoms with E-state index in [1.165, 1.54) is 18.4 Å². The van der Waals surface area contributed by atoms with Gasteiger partial charge in [0.05, 0.1) is 12.8 Å². The Balaban J connectivity index is 2.69. The fraction of sp³-hybridized carbons (Fsp3) is 0.200. The third-order valence-electron chi connectivity index (χ3n) is 0.817. The Hall–Kier alpha value is -0.740. The Kier molecular flexibility index (Phi) is 1.92. The Labute approximate surface area is 56.9 Å². The molecule has 4 heteroatoms. The van der Waals surface area contributed by atoms with E-state index < -0.39 is 0 Å². The van der Waals surface area contributed by atoms with Gasteiger partial charge in [-0.05, 0) is 11.4 Å². The molecular weight excluding hydrogens is 138 g/mol. The van der Waals surface area contributed by atoms with Crippen molar-refractivity contribution >= 4 is 17.0 Å². The van der Waals surface area contributed by atoms with Gasteiger partial charge in [-0.1, -0.05) is 0 Å². The lowest BCUT2D eigenvalue weighted by Crippen LogP contribution is -1.91. The summed E-state index contributed by atoms with van der Waals surface area (Å²) in [6.45, 7) is 0. The molecular formula is C5H7NO2S. The van der Waals surface area contributed by atoms with E-state index in [1.54, 1.807) is 6.07 Å². The smallest absolute Gasteiger partial charge is 0.241 e. The summed E-state index contributed by atoms with van der Waals surface area (Å²) < 4.78 is 0. The minimum absolute atomic E-state index is 0.609. The first-order valence-electron chi connectivity index (χ1n) is 2.38. The quantitative estimate of drug-likeness (QED) is 0.503. The molecule has 1 heterocycles. The first-order chi connectivity index (χ1) is 4.34. The molecule has 0 amide bonds. The van der Waals surface area contributed by atoms with Crippen molar-refractivity contribution in [3.05, 3.63) is 11.4 Å². The van der Waals surface area contributed by atoms with Gasteiger partial charge in [0.1, 0.15) is 0 Å². The minimum Gasteiger partial charge on any atom is -0.395 e. The molecule has 9 heavy (non-hydrogen) atoms. The number of thiophene rings is 1. The highest BCUT2D eigenvalue weighted by atomic mass is 32.1. The van der Waals surface area contributed by atoms with Crippen LogP contribution in [0.4, 0.5) is 5.69 Å². The van der Waals surface area contributed by atoms with Gasteiger partial charge < -0.3 is 10.6 Å². The molecule has 0 atom stereocenters. The van der Waals surface area contributed by atoms with Crippen molar-refractivity contribution in [2.75, 3.05) is 12.8 Å². The van der Waals surface area contributed by atoms with Gasteiger partial charge >= 0.3 is 0 Å². The summed E-state index contributed by atoms with van der Waals surface area (Å²) in [5.41, 5.74) is 6.04. The van der Waals surface area contributed by atoms with Crippen LogP contribution in [0, 0.1) is 0 Å². The van der Waals surface area contributed by atoms with Gasteiger partial charge in [0.2, 0.25) is 5.06 Å². The van der Waals surface area contributed by atoms with Crippen LogP contribution < -0.4 is 10.6 Å². The summed E-state index contributed by atoms with van der Waals surface area (Å²) in [7, 11) is 1.44. The second-order valence-corrected chi connectivity index (χ2v) is 2.29. The standard InChI is InChI=1S/C5H7NO2S/c1-7-8-5-4(6)2-3-9-5/h2-3H,6H2,1H3. The number of nitrogen functional groups attached to an aromatic ring is 1. The molecule has 0 saturated heterocycles. The molecule has 1 aromatic rings. The minimum atomic E-state index is 0.609. The highest BCUT2D eigenvalue weighted by molar-refractivity contribution is 7.12. The third-order valence-corrected chi connectivity index (χ3v) is 1.61. The number of hydrogen-bond donors (Lipinski definition) is 1. The topological polar surface area (TPSA) is 44.5 Å². The molecule has 0 aliphatic rings. The Morgan fingerprint density at radius 1 is 1.67 bits per heavy atom. The summed E-state index contributed by atoms with van der Waals surface area (Å²) in [5, 5.41) is 2.45. The van der Waals surface area contributed by atoms with Crippen LogP contribution in [0.1, 0.15) is 0 Å². The van der Waals surface area contributed by atoms with Crippen molar-refractivity contribution in [2.24, 2.45) is 0 Å². The number of nitrogens with two attached hydrogens (primary N) is 1. The maximum absolute atomic E-state index is 5.43. The van der Waals surface area contributed by atoms with Crippen LogP contribution in [0.5, 0.6) is 5.06 Å². The third kappa shape index (κ3) is 1.34. The van der Waals surface area contributed by atoms with E-state index in [9.17, 15) is 0 Å². The average Bonchev–Trinajstić information content (AvgIpc) is 2.18. The monoisotopic (exact) mass is 145 g/mol. The normalized spacial score (nSPS) is 9.44. The van der Waals surface area contributed by atoms with Gasteiger partial charge in [-0.15, -0.1) is 11.3 Å². The maximum Gasteiger partial charge on any atom is 0.241 e. The van der Waals surface area contributed by atoms with Crippen LogP contribution in [0.2, 0.25) is 0 Å². The van der Waals surface area contributed by atoms with E-state index >= 15 is 0 Å². The molecule has 1 aromatic heterocycles. The largest absolute Gasteiger partial charge is 0.395 e. The van der Waals surface area contributed by atoms with E-state index in [2.05, 4.69) is 9.78 Å². The molecule has 0 unspecified atom stereocenters. The van der Waals surface area contributed by atoms with Crippen LogP contribution >= 0.6 is 11.3 Å².